The van der Waals surface area contributed by atoms with Crippen LogP contribution in [0.15, 0.2) is 41.2 Å². The number of allylic oxidation sites excluding steroid dienone is 2. The molecule has 0 saturated heterocycles. The molecule has 2 rings (SSSR count). The fourth-order valence-electron chi connectivity index (χ4n) is 1.93. The monoisotopic (exact) mass is 240 g/mol. The van der Waals surface area contributed by atoms with Gasteiger partial charge in [-0.2, -0.15) is 0 Å². The van der Waals surface area contributed by atoms with Gasteiger partial charge in [0.1, 0.15) is 5.82 Å². The molecule has 0 bridgehead atoms. The van der Waals surface area contributed by atoms with E-state index in [2.05, 4.69) is 9.97 Å². The van der Waals surface area contributed by atoms with Gasteiger partial charge in [0.15, 0.2) is 0 Å². The molecular weight excluding hydrogens is 224 g/mol. The lowest BCUT2D eigenvalue weighted by Gasteiger charge is -2.07. The predicted octanol–water partition coefficient (Wildman–Crippen LogP) is 3.17. The third-order valence-electron chi connectivity index (χ3n) is 2.97. The quantitative estimate of drug-likeness (QED) is 0.876. The van der Waals surface area contributed by atoms with Crippen LogP contribution >= 0.6 is 0 Å². The van der Waals surface area contributed by atoms with E-state index < -0.39 is 0 Å². The molecule has 3 nitrogen and oxygen atoms in total. The minimum absolute atomic E-state index is 0.0862. The van der Waals surface area contributed by atoms with E-state index in [4.69, 9.17) is 0 Å². The Morgan fingerprint density at radius 1 is 1.28 bits per heavy atom. The average Bonchev–Trinajstić information content (AvgIpc) is 2.38. The van der Waals surface area contributed by atoms with E-state index in [0.717, 1.165) is 16.8 Å². The Balaban J connectivity index is 2.60. The molecule has 0 amide bonds. The Bertz CT molecular complexity index is 639. The number of aryl methyl sites for hydroxylation is 1. The second-order valence-electron chi connectivity index (χ2n) is 4.21. The standard InChI is InChI=1S/C15H16N2O/c1-4-10(2)13-11(3)16-14(17-15(13)18)12-8-6-5-7-9-12/h4-9H,1-3H3,(H,16,17,18)/b10-4-. The van der Waals surface area contributed by atoms with Crippen molar-refractivity contribution in [2.45, 2.75) is 20.8 Å². The van der Waals surface area contributed by atoms with Crippen molar-refractivity contribution in [1.29, 1.82) is 0 Å². The van der Waals surface area contributed by atoms with Gasteiger partial charge in [0, 0.05) is 5.56 Å². The highest BCUT2D eigenvalue weighted by Gasteiger charge is 2.10. The van der Waals surface area contributed by atoms with Gasteiger partial charge in [0.25, 0.3) is 5.56 Å². The number of rotatable bonds is 2. The Morgan fingerprint density at radius 3 is 2.50 bits per heavy atom. The zero-order valence-electron chi connectivity index (χ0n) is 10.8. The second kappa shape index (κ2) is 5.00. The van der Waals surface area contributed by atoms with Crippen molar-refractivity contribution in [2.75, 3.05) is 0 Å². The molecule has 0 aliphatic carbocycles. The molecule has 0 fully saturated rings. The van der Waals surface area contributed by atoms with Gasteiger partial charge >= 0.3 is 0 Å². The van der Waals surface area contributed by atoms with Crippen molar-refractivity contribution in [3.05, 3.63) is 58.0 Å². The van der Waals surface area contributed by atoms with Crippen LogP contribution in [0.3, 0.4) is 0 Å². The van der Waals surface area contributed by atoms with E-state index in [9.17, 15) is 4.79 Å². The van der Waals surface area contributed by atoms with Crippen molar-refractivity contribution in [3.8, 4) is 11.4 Å². The summed E-state index contributed by atoms with van der Waals surface area (Å²) < 4.78 is 0. The second-order valence-corrected chi connectivity index (χ2v) is 4.21. The van der Waals surface area contributed by atoms with Crippen LogP contribution in [-0.4, -0.2) is 9.97 Å². The number of hydrogen-bond donors (Lipinski definition) is 1. The van der Waals surface area contributed by atoms with Gasteiger partial charge in [-0.1, -0.05) is 36.4 Å². The number of hydrogen-bond acceptors (Lipinski definition) is 2. The summed E-state index contributed by atoms with van der Waals surface area (Å²) in [6.07, 6.45) is 1.92. The van der Waals surface area contributed by atoms with E-state index in [-0.39, 0.29) is 5.56 Å². The van der Waals surface area contributed by atoms with Crippen LogP contribution in [0.25, 0.3) is 17.0 Å². The molecule has 2 aromatic rings. The molecule has 18 heavy (non-hydrogen) atoms. The summed E-state index contributed by atoms with van der Waals surface area (Å²) in [5.41, 5.74) is 3.20. The maximum Gasteiger partial charge on any atom is 0.258 e. The lowest BCUT2D eigenvalue weighted by Crippen LogP contribution is -2.16. The van der Waals surface area contributed by atoms with Crippen molar-refractivity contribution in [3.63, 3.8) is 0 Å². The van der Waals surface area contributed by atoms with Gasteiger partial charge in [-0.3, -0.25) is 4.79 Å². The molecule has 1 heterocycles. The number of nitrogens with one attached hydrogen (secondary N) is 1. The summed E-state index contributed by atoms with van der Waals surface area (Å²) in [6.45, 7) is 5.70. The first kappa shape index (κ1) is 12.3. The summed E-state index contributed by atoms with van der Waals surface area (Å²) in [5, 5.41) is 0. The van der Waals surface area contributed by atoms with Crippen LogP contribution in [0.4, 0.5) is 0 Å². The van der Waals surface area contributed by atoms with Gasteiger partial charge in [-0.05, 0) is 26.3 Å². The number of benzene rings is 1. The molecular formula is C15H16N2O. The summed E-state index contributed by atoms with van der Waals surface area (Å²) in [4.78, 5) is 19.4. The third-order valence-corrected chi connectivity index (χ3v) is 2.97. The van der Waals surface area contributed by atoms with Crippen LogP contribution in [-0.2, 0) is 0 Å². The Morgan fingerprint density at radius 2 is 1.94 bits per heavy atom. The summed E-state index contributed by atoms with van der Waals surface area (Å²) in [5.74, 6) is 0.616. The Kier molecular flexibility index (Phi) is 3.42. The molecule has 3 heteroatoms. The zero-order chi connectivity index (χ0) is 13.1. The summed E-state index contributed by atoms with van der Waals surface area (Å²) in [7, 11) is 0. The van der Waals surface area contributed by atoms with Crippen molar-refractivity contribution < 1.29 is 0 Å². The van der Waals surface area contributed by atoms with Gasteiger partial charge in [0.2, 0.25) is 0 Å². The minimum Gasteiger partial charge on any atom is -0.306 e. The van der Waals surface area contributed by atoms with Crippen molar-refractivity contribution in [2.24, 2.45) is 0 Å². The lowest BCUT2D eigenvalue weighted by molar-refractivity contribution is 1.06. The lowest BCUT2D eigenvalue weighted by atomic mass is 10.1. The molecule has 1 aromatic carbocycles. The summed E-state index contributed by atoms with van der Waals surface area (Å²) >= 11 is 0. The smallest absolute Gasteiger partial charge is 0.258 e. The molecule has 0 aliphatic heterocycles. The largest absolute Gasteiger partial charge is 0.306 e. The first-order valence-electron chi connectivity index (χ1n) is 5.93. The highest BCUT2D eigenvalue weighted by atomic mass is 16.1. The minimum atomic E-state index is -0.0862. The third kappa shape index (κ3) is 2.25. The van der Waals surface area contributed by atoms with Crippen LogP contribution < -0.4 is 5.56 Å². The molecule has 0 aliphatic rings. The molecule has 0 saturated carbocycles. The van der Waals surface area contributed by atoms with Crippen molar-refractivity contribution >= 4 is 5.57 Å². The highest BCUT2D eigenvalue weighted by molar-refractivity contribution is 5.66. The maximum absolute atomic E-state index is 12.1. The zero-order valence-corrected chi connectivity index (χ0v) is 10.8. The topological polar surface area (TPSA) is 45.8 Å². The van der Waals surface area contributed by atoms with Crippen LogP contribution in [0.1, 0.15) is 25.1 Å². The van der Waals surface area contributed by atoms with E-state index >= 15 is 0 Å². The van der Waals surface area contributed by atoms with Crippen LogP contribution in [0, 0.1) is 6.92 Å². The average molecular weight is 240 g/mol. The van der Waals surface area contributed by atoms with Crippen LogP contribution in [0.2, 0.25) is 0 Å². The molecule has 1 N–H and O–H groups in total. The number of H-pyrrole nitrogens is 1. The van der Waals surface area contributed by atoms with Crippen molar-refractivity contribution in [1.82, 2.24) is 9.97 Å². The van der Waals surface area contributed by atoms with Gasteiger partial charge < -0.3 is 4.98 Å². The Labute approximate surface area is 106 Å². The molecule has 1 aromatic heterocycles. The molecule has 0 atom stereocenters. The first-order valence-corrected chi connectivity index (χ1v) is 5.93. The number of aromatic amines is 1. The van der Waals surface area contributed by atoms with E-state index in [1.54, 1.807) is 0 Å². The molecule has 0 unspecified atom stereocenters. The van der Waals surface area contributed by atoms with E-state index in [1.165, 1.54) is 0 Å². The Hall–Kier alpha value is -2.16. The van der Waals surface area contributed by atoms with Gasteiger partial charge in [0.05, 0.1) is 11.3 Å². The molecule has 0 spiro atoms. The fourth-order valence-corrected chi connectivity index (χ4v) is 1.93. The van der Waals surface area contributed by atoms with E-state index in [1.807, 2.05) is 57.2 Å². The molecule has 92 valence electrons. The SMILES string of the molecule is C/C=C(/C)c1c(C)nc(-c2ccccc2)[nH]c1=O. The molecule has 0 radical (unpaired) electrons. The van der Waals surface area contributed by atoms with Gasteiger partial charge in [-0.15, -0.1) is 0 Å². The fraction of sp³-hybridized carbons (Fsp3) is 0.200. The summed E-state index contributed by atoms with van der Waals surface area (Å²) in [6, 6.07) is 9.65. The van der Waals surface area contributed by atoms with Gasteiger partial charge in [-0.25, -0.2) is 4.98 Å². The predicted molar refractivity (Wildman–Crippen MR) is 74.4 cm³/mol. The number of nitrogens with zero attached hydrogens (tertiary/aromatic N) is 1. The maximum atomic E-state index is 12.1. The van der Waals surface area contributed by atoms with E-state index in [0.29, 0.717) is 11.4 Å². The highest BCUT2D eigenvalue weighted by Crippen LogP contribution is 2.17. The van der Waals surface area contributed by atoms with Crippen LogP contribution in [0.5, 0.6) is 0 Å². The normalized spacial score (nSPS) is 11.6. The first-order chi connectivity index (χ1) is 8.63. The number of aromatic nitrogens is 2.